The van der Waals surface area contributed by atoms with Crippen molar-refractivity contribution in [3.8, 4) is 5.69 Å². The Morgan fingerprint density at radius 1 is 1.14 bits per heavy atom. The summed E-state index contributed by atoms with van der Waals surface area (Å²) in [7, 11) is 0. The van der Waals surface area contributed by atoms with Gasteiger partial charge in [0.25, 0.3) is 0 Å². The van der Waals surface area contributed by atoms with Crippen LogP contribution in [0, 0.1) is 0 Å². The molecule has 0 saturated carbocycles. The van der Waals surface area contributed by atoms with Gasteiger partial charge in [-0.15, -0.1) is 10.2 Å². The van der Waals surface area contributed by atoms with E-state index in [-0.39, 0.29) is 5.78 Å². The molecule has 0 aliphatic heterocycles. The first-order valence-corrected chi connectivity index (χ1v) is 10.3. The van der Waals surface area contributed by atoms with E-state index in [9.17, 15) is 4.79 Å². The van der Waals surface area contributed by atoms with Gasteiger partial charge in [0.15, 0.2) is 5.82 Å². The summed E-state index contributed by atoms with van der Waals surface area (Å²) in [5.74, 6) is 0.690. The van der Waals surface area contributed by atoms with E-state index in [1.54, 1.807) is 24.7 Å². The highest BCUT2D eigenvalue weighted by atomic mass is 79.9. The average molecular weight is 442 g/mol. The van der Waals surface area contributed by atoms with Gasteiger partial charge in [0.2, 0.25) is 5.78 Å². The van der Waals surface area contributed by atoms with Crippen molar-refractivity contribution in [2.24, 2.45) is 0 Å². The van der Waals surface area contributed by atoms with E-state index in [1.807, 2.05) is 28.8 Å². The Kier molecular flexibility index (Phi) is 7.06. The Bertz CT molecular complexity index is 920. The largest absolute Gasteiger partial charge is 0.296 e. The van der Waals surface area contributed by atoms with Crippen LogP contribution in [0.4, 0.5) is 0 Å². The van der Waals surface area contributed by atoms with E-state index in [4.69, 9.17) is 0 Å². The predicted octanol–water partition coefficient (Wildman–Crippen LogP) is 4.28. The average Bonchev–Trinajstić information content (AvgIpc) is 3.16. The van der Waals surface area contributed by atoms with Crippen molar-refractivity contribution in [1.29, 1.82) is 0 Å². The van der Waals surface area contributed by atoms with E-state index in [2.05, 4.69) is 49.9 Å². The van der Waals surface area contributed by atoms with Gasteiger partial charge in [-0.1, -0.05) is 35.8 Å². The molecule has 0 aliphatic carbocycles. The molecule has 0 radical (unpaired) electrons. The molecule has 0 atom stereocenters. The van der Waals surface area contributed by atoms with Crippen LogP contribution in [0.25, 0.3) is 5.69 Å². The molecule has 6 nitrogen and oxygen atoms in total. The molecule has 146 valence electrons. The number of halogens is 1. The lowest BCUT2D eigenvalue weighted by atomic mass is 10.1. The third-order valence-electron chi connectivity index (χ3n) is 4.42. The van der Waals surface area contributed by atoms with Gasteiger partial charge in [0.05, 0.1) is 12.2 Å². The number of aromatic nitrogens is 4. The molecule has 0 bridgehead atoms. The van der Waals surface area contributed by atoms with Crippen LogP contribution >= 0.6 is 15.9 Å². The molecule has 28 heavy (non-hydrogen) atoms. The number of carbonyl (C=O) groups excluding carboxylic acids is 1. The second-order valence-corrected chi connectivity index (χ2v) is 7.51. The second kappa shape index (κ2) is 9.71. The molecule has 0 unspecified atom stereocenters. The smallest absolute Gasteiger partial charge is 0.213 e. The van der Waals surface area contributed by atoms with E-state index in [1.165, 1.54) is 0 Å². The fourth-order valence-corrected chi connectivity index (χ4v) is 3.57. The van der Waals surface area contributed by atoms with Gasteiger partial charge in [0, 0.05) is 16.2 Å². The molecule has 0 aliphatic rings. The van der Waals surface area contributed by atoms with Crippen molar-refractivity contribution in [2.75, 3.05) is 13.1 Å². The van der Waals surface area contributed by atoms with Crippen LogP contribution in [0.3, 0.4) is 0 Å². The standard InChI is InChI=1S/C21H24BrN5O/c1-3-11-26(12-4-2)14-20-25-24-15-27(20)19-9-8-16(22)13-17(19)21(28)18-7-5-6-10-23-18/h5-10,13,15H,3-4,11-12,14H2,1-2H3. The highest BCUT2D eigenvalue weighted by Crippen LogP contribution is 2.24. The Hall–Kier alpha value is -2.38. The Morgan fingerprint density at radius 3 is 2.61 bits per heavy atom. The Balaban J connectivity index is 1.99. The number of ketones is 1. The molecule has 2 aromatic heterocycles. The molecule has 0 amide bonds. The minimum Gasteiger partial charge on any atom is -0.296 e. The summed E-state index contributed by atoms with van der Waals surface area (Å²) in [6, 6.07) is 11.0. The van der Waals surface area contributed by atoms with Crippen molar-refractivity contribution in [2.45, 2.75) is 33.2 Å². The fourth-order valence-electron chi connectivity index (χ4n) is 3.21. The lowest BCUT2D eigenvalue weighted by molar-refractivity contribution is 0.103. The number of hydrogen-bond donors (Lipinski definition) is 0. The number of hydrogen-bond acceptors (Lipinski definition) is 5. The molecule has 3 aromatic rings. The predicted molar refractivity (Wildman–Crippen MR) is 113 cm³/mol. The molecule has 1 aromatic carbocycles. The van der Waals surface area contributed by atoms with Gasteiger partial charge in [-0.05, 0) is 56.3 Å². The zero-order chi connectivity index (χ0) is 19.9. The highest BCUT2D eigenvalue weighted by Gasteiger charge is 2.19. The maximum absolute atomic E-state index is 13.1. The summed E-state index contributed by atoms with van der Waals surface area (Å²) in [6.45, 7) is 7.04. The second-order valence-electron chi connectivity index (χ2n) is 6.60. The minimum absolute atomic E-state index is 0.129. The molecule has 7 heteroatoms. The van der Waals surface area contributed by atoms with Crippen LogP contribution < -0.4 is 0 Å². The van der Waals surface area contributed by atoms with Gasteiger partial charge >= 0.3 is 0 Å². The molecule has 0 saturated heterocycles. The van der Waals surface area contributed by atoms with Crippen LogP contribution in [0.5, 0.6) is 0 Å². The topological polar surface area (TPSA) is 63.9 Å². The molecule has 0 N–H and O–H groups in total. The molecule has 0 fully saturated rings. The molecule has 3 rings (SSSR count). The summed E-state index contributed by atoms with van der Waals surface area (Å²) in [5, 5.41) is 8.44. The first-order chi connectivity index (χ1) is 13.6. The summed E-state index contributed by atoms with van der Waals surface area (Å²) in [5.41, 5.74) is 1.73. The van der Waals surface area contributed by atoms with Crippen LogP contribution in [-0.2, 0) is 6.54 Å². The monoisotopic (exact) mass is 441 g/mol. The summed E-state index contributed by atoms with van der Waals surface area (Å²) in [4.78, 5) is 19.7. The van der Waals surface area contributed by atoms with Crippen molar-refractivity contribution in [3.05, 3.63) is 70.5 Å². The van der Waals surface area contributed by atoms with Gasteiger partial charge in [0.1, 0.15) is 12.0 Å². The quantitative estimate of drug-likeness (QED) is 0.463. The number of rotatable bonds is 9. The molecular formula is C21H24BrN5O. The summed E-state index contributed by atoms with van der Waals surface area (Å²) in [6.07, 6.45) is 5.46. The number of nitrogens with zero attached hydrogens (tertiary/aromatic N) is 5. The lowest BCUT2D eigenvalue weighted by Gasteiger charge is -2.21. The van der Waals surface area contributed by atoms with E-state index in [0.29, 0.717) is 17.8 Å². The third-order valence-corrected chi connectivity index (χ3v) is 4.92. The minimum atomic E-state index is -0.129. The van der Waals surface area contributed by atoms with E-state index in [0.717, 1.165) is 41.9 Å². The van der Waals surface area contributed by atoms with Gasteiger partial charge in [-0.25, -0.2) is 0 Å². The maximum atomic E-state index is 13.1. The molecular weight excluding hydrogens is 418 g/mol. The SMILES string of the molecule is CCCN(CCC)Cc1nncn1-c1ccc(Br)cc1C(=O)c1ccccn1. The zero-order valence-electron chi connectivity index (χ0n) is 16.2. The van der Waals surface area contributed by atoms with Crippen molar-refractivity contribution in [3.63, 3.8) is 0 Å². The third kappa shape index (κ3) is 4.72. The van der Waals surface area contributed by atoms with Crippen molar-refractivity contribution in [1.82, 2.24) is 24.6 Å². The van der Waals surface area contributed by atoms with Crippen LogP contribution in [-0.4, -0.2) is 43.5 Å². The van der Waals surface area contributed by atoms with Gasteiger partial charge in [-0.2, -0.15) is 0 Å². The Labute approximate surface area is 173 Å². The van der Waals surface area contributed by atoms with Crippen molar-refractivity contribution < 1.29 is 4.79 Å². The van der Waals surface area contributed by atoms with Crippen molar-refractivity contribution >= 4 is 21.7 Å². The van der Waals surface area contributed by atoms with Gasteiger partial charge < -0.3 is 0 Å². The summed E-state index contributed by atoms with van der Waals surface area (Å²) < 4.78 is 2.74. The molecule has 2 heterocycles. The fraction of sp³-hybridized carbons (Fsp3) is 0.333. The van der Waals surface area contributed by atoms with Gasteiger partial charge in [-0.3, -0.25) is 19.2 Å². The van der Waals surface area contributed by atoms with E-state index >= 15 is 0 Å². The number of benzene rings is 1. The maximum Gasteiger partial charge on any atom is 0.213 e. The lowest BCUT2D eigenvalue weighted by Crippen LogP contribution is -2.26. The molecule has 0 spiro atoms. The summed E-state index contributed by atoms with van der Waals surface area (Å²) >= 11 is 3.48. The van der Waals surface area contributed by atoms with Crippen LogP contribution in [0.1, 0.15) is 48.6 Å². The highest BCUT2D eigenvalue weighted by molar-refractivity contribution is 9.10. The van der Waals surface area contributed by atoms with Crippen LogP contribution in [0.2, 0.25) is 0 Å². The first-order valence-electron chi connectivity index (χ1n) is 9.51. The van der Waals surface area contributed by atoms with E-state index < -0.39 is 0 Å². The Morgan fingerprint density at radius 2 is 1.93 bits per heavy atom. The number of carbonyl (C=O) groups is 1. The van der Waals surface area contributed by atoms with Crippen LogP contribution in [0.15, 0.2) is 53.4 Å². The number of pyridine rings is 1. The normalized spacial score (nSPS) is 11.1. The first kappa shape index (κ1) is 20.4. The zero-order valence-corrected chi connectivity index (χ0v) is 17.8.